The van der Waals surface area contributed by atoms with Crippen molar-refractivity contribution >= 4 is 0 Å². The van der Waals surface area contributed by atoms with Gasteiger partial charge in [-0.15, -0.1) is 0 Å². The van der Waals surface area contributed by atoms with Gasteiger partial charge < -0.3 is 0 Å². The Kier molecular flexibility index (Phi) is 2.95. The summed E-state index contributed by atoms with van der Waals surface area (Å²) in [4.78, 5) is 0.616. The van der Waals surface area contributed by atoms with Crippen LogP contribution < -0.4 is 0 Å². The van der Waals surface area contributed by atoms with E-state index >= 15 is 0 Å². The minimum absolute atomic E-state index is 0.0306. The van der Waals surface area contributed by atoms with Gasteiger partial charge in [0.15, 0.2) is 5.83 Å². The van der Waals surface area contributed by atoms with E-state index in [1.807, 2.05) is 0 Å². The summed E-state index contributed by atoms with van der Waals surface area (Å²) in [5.41, 5.74) is 0. The monoisotopic (exact) mass is 197 g/mol. The highest BCUT2D eigenvalue weighted by Gasteiger charge is 2.42. The molecule has 1 saturated heterocycles. The van der Waals surface area contributed by atoms with E-state index in [1.165, 1.54) is 0 Å². The van der Waals surface area contributed by atoms with Crippen LogP contribution in [0.15, 0.2) is 12.4 Å². The van der Waals surface area contributed by atoms with Crippen molar-refractivity contribution in [2.24, 2.45) is 0 Å². The zero-order valence-electron chi connectivity index (χ0n) is 7.07. The molecule has 1 aliphatic heterocycles. The molecule has 13 heavy (non-hydrogen) atoms. The fourth-order valence-corrected chi connectivity index (χ4v) is 1.30. The Hall–Kier alpha value is -0.580. The number of piperidine rings is 1. The molecule has 76 valence electrons. The summed E-state index contributed by atoms with van der Waals surface area (Å²) in [7, 11) is 0. The second-order valence-corrected chi connectivity index (χ2v) is 3.11. The van der Waals surface area contributed by atoms with E-state index in [-0.39, 0.29) is 25.9 Å². The van der Waals surface area contributed by atoms with Crippen molar-refractivity contribution in [3.63, 3.8) is 0 Å². The lowest BCUT2D eigenvalue weighted by atomic mass is 10.1. The molecule has 0 aromatic rings. The molecule has 1 nitrogen and oxygen atoms in total. The van der Waals surface area contributed by atoms with Crippen LogP contribution in [0.4, 0.5) is 17.6 Å². The molecule has 0 unspecified atom stereocenters. The van der Waals surface area contributed by atoms with Crippen molar-refractivity contribution in [2.45, 2.75) is 25.1 Å². The van der Waals surface area contributed by atoms with Crippen LogP contribution in [-0.2, 0) is 0 Å². The minimum Gasteiger partial charge on any atom is -0.247 e. The molecule has 1 aliphatic rings. The van der Waals surface area contributed by atoms with Gasteiger partial charge in [0, 0.05) is 13.1 Å². The third kappa shape index (κ3) is 2.21. The van der Waals surface area contributed by atoms with E-state index in [0.29, 0.717) is 4.90 Å². The molecule has 0 amide bonds. The first-order valence-corrected chi connectivity index (χ1v) is 4.06. The Morgan fingerprint density at radius 2 is 1.77 bits per heavy atom. The lowest BCUT2D eigenvalue weighted by Crippen LogP contribution is -2.47. The fourth-order valence-electron chi connectivity index (χ4n) is 1.30. The second-order valence-electron chi connectivity index (χ2n) is 3.11. The molecule has 0 bridgehead atoms. The van der Waals surface area contributed by atoms with Crippen LogP contribution >= 0.6 is 0 Å². The fraction of sp³-hybridized carbons (Fsp3) is 0.750. The van der Waals surface area contributed by atoms with Crippen LogP contribution in [0.2, 0.25) is 0 Å². The van der Waals surface area contributed by atoms with Gasteiger partial charge >= 0.3 is 6.05 Å². The Morgan fingerprint density at radius 1 is 1.31 bits per heavy atom. The zero-order valence-corrected chi connectivity index (χ0v) is 7.07. The molecule has 1 fully saturated rings. The molecule has 0 aliphatic carbocycles. The normalized spacial score (nSPS) is 21.8. The van der Waals surface area contributed by atoms with Crippen LogP contribution in [0.3, 0.4) is 0 Å². The van der Waals surface area contributed by atoms with Crippen molar-refractivity contribution in [3.05, 3.63) is 12.4 Å². The van der Waals surface area contributed by atoms with Crippen molar-refractivity contribution in [1.82, 2.24) is 4.90 Å². The topological polar surface area (TPSA) is 3.24 Å². The lowest BCUT2D eigenvalue weighted by molar-refractivity contribution is -0.139. The summed E-state index contributed by atoms with van der Waals surface area (Å²) in [5, 5.41) is 0. The summed E-state index contributed by atoms with van der Waals surface area (Å²) in [6.45, 7) is 2.31. The van der Waals surface area contributed by atoms with Crippen molar-refractivity contribution in [3.8, 4) is 0 Å². The van der Waals surface area contributed by atoms with E-state index in [1.54, 1.807) is 0 Å². The maximum absolute atomic E-state index is 12.9. The van der Waals surface area contributed by atoms with Crippen LogP contribution in [-0.4, -0.2) is 30.2 Å². The highest BCUT2D eigenvalue weighted by Crippen LogP contribution is 2.31. The SMILES string of the molecule is C=C(F)C(F)(F)N1CCC(F)CC1. The summed E-state index contributed by atoms with van der Waals surface area (Å²) < 4.78 is 50.6. The first kappa shape index (κ1) is 10.5. The van der Waals surface area contributed by atoms with Crippen LogP contribution in [0.25, 0.3) is 0 Å². The standard InChI is InChI=1S/C8H11F4N/c1-6(9)8(11,12)13-4-2-7(10)3-5-13/h7H,1-5H2. The van der Waals surface area contributed by atoms with Gasteiger partial charge in [0.25, 0.3) is 0 Å². The van der Waals surface area contributed by atoms with Gasteiger partial charge in [0.05, 0.1) is 0 Å². The Labute approximate surface area is 74.0 Å². The van der Waals surface area contributed by atoms with Crippen LogP contribution in [0, 0.1) is 0 Å². The van der Waals surface area contributed by atoms with Gasteiger partial charge in [-0.25, -0.2) is 13.7 Å². The molecular formula is C8H11F4N. The van der Waals surface area contributed by atoms with Gasteiger partial charge in [-0.2, -0.15) is 8.78 Å². The Balaban J connectivity index is 2.58. The number of alkyl halides is 3. The number of rotatable bonds is 2. The first-order chi connectivity index (χ1) is 5.94. The van der Waals surface area contributed by atoms with Crippen LogP contribution in [0.1, 0.15) is 12.8 Å². The quantitative estimate of drug-likeness (QED) is 0.485. The zero-order chi connectivity index (χ0) is 10.1. The van der Waals surface area contributed by atoms with Gasteiger partial charge in [0.1, 0.15) is 6.17 Å². The Morgan fingerprint density at radius 3 is 2.15 bits per heavy atom. The van der Waals surface area contributed by atoms with E-state index in [0.717, 1.165) is 0 Å². The molecule has 0 spiro atoms. The lowest BCUT2D eigenvalue weighted by Gasteiger charge is -2.33. The minimum atomic E-state index is -3.64. The van der Waals surface area contributed by atoms with E-state index in [2.05, 4.69) is 6.58 Å². The van der Waals surface area contributed by atoms with Gasteiger partial charge in [0.2, 0.25) is 0 Å². The molecule has 5 heteroatoms. The molecule has 0 N–H and O–H groups in total. The van der Waals surface area contributed by atoms with E-state index < -0.39 is 18.0 Å². The highest BCUT2D eigenvalue weighted by molar-refractivity contribution is 4.97. The van der Waals surface area contributed by atoms with Gasteiger partial charge in [-0.05, 0) is 12.8 Å². The molecule has 0 aromatic carbocycles. The number of hydrogen-bond donors (Lipinski definition) is 0. The van der Waals surface area contributed by atoms with Gasteiger partial charge in [-0.1, -0.05) is 6.58 Å². The average molecular weight is 197 g/mol. The average Bonchev–Trinajstić information content (AvgIpc) is 2.04. The smallest absolute Gasteiger partial charge is 0.247 e. The largest absolute Gasteiger partial charge is 0.357 e. The predicted molar refractivity (Wildman–Crippen MR) is 40.9 cm³/mol. The summed E-state index contributed by atoms with van der Waals surface area (Å²) in [5.74, 6) is -1.68. The molecule has 0 saturated carbocycles. The third-order valence-electron chi connectivity index (χ3n) is 2.15. The number of likely N-dealkylation sites (tertiary alicyclic amines) is 1. The van der Waals surface area contributed by atoms with Crippen molar-refractivity contribution < 1.29 is 17.6 Å². The summed E-state index contributed by atoms with van der Waals surface area (Å²) >= 11 is 0. The Bertz CT molecular complexity index is 196. The first-order valence-electron chi connectivity index (χ1n) is 4.06. The highest BCUT2D eigenvalue weighted by atomic mass is 19.3. The maximum atomic E-state index is 12.9. The molecular weight excluding hydrogens is 186 g/mol. The molecule has 0 radical (unpaired) electrons. The number of nitrogens with zero attached hydrogens (tertiary/aromatic N) is 1. The summed E-state index contributed by atoms with van der Waals surface area (Å²) in [6.07, 6.45) is -0.980. The van der Waals surface area contributed by atoms with Crippen molar-refractivity contribution in [2.75, 3.05) is 13.1 Å². The van der Waals surface area contributed by atoms with Gasteiger partial charge in [-0.3, -0.25) is 0 Å². The predicted octanol–water partition coefficient (Wildman–Crippen LogP) is 2.50. The number of halogens is 4. The van der Waals surface area contributed by atoms with Crippen LogP contribution in [0.5, 0.6) is 0 Å². The third-order valence-corrected chi connectivity index (χ3v) is 2.15. The van der Waals surface area contributed by atoms with E-state index in [4.69, 9.17) is 0 Å². The van der Waals surface area contributed by atoms with Crippen molar-refractivity contribution in [1.29, 1.82) is 0 Å². The molecule has 1 rings (SSSR count). The maximum Gasteiger partial charge on any atom is 0.357 e. The molecule has 1 heterocycles. The molecule has 0 atom stereocenters. The summed E-state index contributed by atoms with van der Waals surface area (Å²) in [6, 6.07) is -3.64. The van der Waals surface area contributed by atoms with E-state index in [9.17, 15) is 17.6 Å². The molecule has 0 aromatic heterocycles. The number of hydrogen-bond acceptors (Lipinski definition) is 1. The second kappa shape index (κ2) is 3.65.